The number of fused-ring (bicyclic) bond motifs is 1. The SMILES string of the molecule is Fc1ccc(Cn2c(OCC3CCNC3)nc3ccccc32)cc1. The molecule has 2 heterocycles. The first-order valence-electron chi connectivity index (χ1n) is 8.33. The lowest BCUT2D eigenvalue weighted by atomic mass is 10.1. The molecule has 0 radical (unpaired) electrons. The van der Waals surface area contributed by atoms with E-state index in [2.05, 4.69) is 14.9 Å². The molecular weight excluding hydrogens is 305 g/mol. The van der Waals surface area contributed by atoms with E-state index in [9.17, 15) is 4.39 Å². The van der Waals surface area contributed by atoms with Gasteiger partial charge in [0.15, 0.2) is 0 Å². The quantitative estimate of drug-likeness (QED) is 0.783. The van der Waals surface area contributed by atoms with Crippen LogP contribution in [0.4, 0.5) is 4.39 Å². The molecule has 1 aromatic heterocycles. The van der Waals surface area contributed by atoms with E-state index in [4.69, 9.17) is 4.74 Å². The van der Waals surface area contributed by atoms with Crippen molar-refractivity contribution in [3.05, 3.63) is 59.9 Å². The standard InChI is InChI=1S/C19H20FN3O/c20-16-7-5-14(6-8-16)12-23-18-4-2-1-3-17(18)22-19(23)24-13-15-9-10-21-11-15/h1-8,15,21H,9-13H2. The number of hydrogen-bond donors (Lipinski definition) is 1. The summed E-state index contributed by atoms with van der Waals surface area (Å²) in [7, 11) is 0. The smallest absolute Gasteiger partial charge is 0.297 e. The van der Waals surface area contributed by atoms with Crippen LogP contribution in [-0.2, 0) is 6.54 Å². The fourth-order valence-corrected chi connectivity index (χ4v) is 3.14. The second kappa shape index (κ2) is 6.61. The van der Waals surface area contributed by atoms with Gasteiger partial charge in [-0.25, -0.2) is 4.39 Å². The monoisotopic (exact) mass is 325 g/mol. The highest BCUT2D eigenvalue weighted by Crippen LogP contribution is 2.24. The summed E-state index contributed by atoms with van der Waals surface area (Å²) in [6, 6.07) is 15.2. The summed E-state index contributed by atoms with van der Waals surface area (Å²) in [6.45, 7) is 3.33. The molecule has 0 bridgehead atoms. The van der Waals surface area contributed by atoms with E-state index in [0.717, 1.165) is 36.1 Å². The van der Waals surface area contributed by atoms with Crippen LogP contribution in [0, 0.1) is 11.7 Å². The van der Waals surface area contributed by atoms with Gasteiger partial charge in [-0.3, -0.25) is 4.57 Å². The zero-order chi connectivity index (χ0) is 16.4. The number of rotatable bonds is 5. The van der Waals surface area contributed by atoms with Crippen molar-refractivity contribution < 1.29 is 9.13 Å². The van der Waals surface area contributed by atoms with E-state index in [1.54, 1.807) is 12.1 Å². The molecule has 5 heteroatoms. The Hall–Kier alpha value is -2.40. The van der Waals surface area contributed by atoms with Gasteiger partial charge in [-0.1, -0.05) is 24.3 Å². The van der Waals surface area contributed by atoms with E-state index in [1.165, 1.54) is 12.1 Å². The largest absolute Gasteiger partial charge is 0.464 e. The molecule has 1 fully saturated rings. The van der Waals surface area contributed by atoms with Gasteiger partial charge in [0.1, 0.15) is 5.82 Å². The fourth-order valence-electron chi connectivity index (χ4n) is 3.14. The number of halogens is 1. The molecule has 124 valence electrons. The molecule has 2 aromatic carbocycles. The molecule has 0 saturated carbocycles. The van der Waals surface area contributed by atoms with Crippen LogP contribution in [-0.4, -0.2) is 29.2 Å². The van der Waals surface area contributed by atoms with E-state index in [0.29, 0.717) is 25.1 Å². The van der Waals surface area contributed by atoms with Gasteiger partial charge in [-0.15, -0.1) is 0 Å². The number of aromatic nitrogens is 2. The molecule has 1 aliphatic heterocycles. The zero-order valence-electron chi connectivity index (χ0n) is 13.4. The number of benzene rings is 2. The van der Waals surface area contributed by atoms with Gasteiger partial charge in [-0.05, 0) is 42.8 Å². The van der Waals surface area contributed by atoms with Gasteiger partial charge in [0, 0.05) is 12.5 Å². The summed E-state index contributed by atoms with van der Waals surface area (Å²) in [5.41, 5.74) is 2.97. The fraction of sp³-hybridized carbons (Fsp3) is 0.316. The summed E-state index contributed by atoms with van der Waals surface area (Å²) in [4.78, 5) is 4.63. The van der Waals surface area contributed by atoms with Crippen LogP contribution in [0.3, 0.4) is 0 Å². The van der Waals surface area contributed by atoms with Gasteiger partial charge in [0.25, 0.3) is 6.01 Å². The molecule has 1 unspecified atom stereocenters. The number of para-hydroxylation sites is 2. The van der Waals surface area contributed by atoms with Crippen LogP contribution < -0.4 is 10.1 Å². The molecule has 1 N–H and O–H groups in total. The maximum absolute atomic E-state index is 13.1. The van der Waals surface area contributed by atoms with Crippen LogP contribution >= 0.6 is 0 Å². The summed E-state index contributed by atoms with van der Waals surface area (Å²) < 4.78 is 21.2. The molecular formula is C19H20FN3O. The van der Waals surface area contributed by atoms with Crippen molar-refractivity contribution >= 4 is 11.0 Å². The minimum atomic E-state index is -0.223. The maximum Gasteiger partial charge on any atom is 0.297 e. The van der Waals surface area contributed by atoms with Crippen molar-refractivity contribution in [2.75, 3.05) is 19.7 Å². The number of imidazole rings is 1. The first kappa shape index (κ1) is 15.1. The number of nitrogens with zero attached hydrogens (tertiary/aromatic N) is 2. The lowest BCUT2D eigenvalue weighted by Crippen LogP contribution is -2.17. The Labute approximate surface area is 140 Å². The average Bonchev–Trinajstić information content (AvgIpc) is 3.23. The predicted molar refractivity (Wildman–Crippen MR) is 91.7 cm³/mol. The van der Waals surface area contributed by atoms with Crippen molar-refractivity contribution in [3.8, 4) is 6.01 Å². The summed E-state index contributed by atoms with van der Waals surface area (Å²) in [5.74, 6) is 0.309. The van der Waals surface area contributed by atoms with Crippen molar-refractivity contribution in [2.24, 2.45) is 5.92 Å². The van der Waals surface area contributed by atoms with E-state index >= 15 is 0 Å². The topological polar surface area (TPSA) is 39.1 Å². The highest BCUT2D eigenvalue weighted by Gasteiger charge is 2.18. The first-order chi connectivity index (χ1) is 11.8. The molecule has 24 heavy (non-hydrogen) atoms. The van der Waals surface area contributed by atoms with Gasteiger partial charge in [0.05, 0.1) is 24.2 Å². The van der Waals surface area contributed by atoms with Gasteiger partial charge in [-0.2, -0.15) is 4.98 Å². The van der Waals surface area contributed by atoms with Crippen molar-refractivity contribution in [1.82, 2.24) is 14.9 Å². The third-order valence-electron chi connectivity index (χ3n) is 4.48. The minimum Gasteiger partial charge on any atom is -0.464 e. The summed E-state index contributed by atoms with van der Waals surface area (Å²) >= 11 is 0. The Morgan fingerprint density at radius 3 is 2.79 bits per heavy atom. The Bertz CT molecular complexity index is 822. The molecule has 4 nitrogen and oxygen atoms in total. The van der Waals surface area contributed by atoms with Crippen molar-refractivity contribution in [2.45, 2.75) is 13.0 Å². The van der Waals surface area contributed by atoms with E-state index < -0.39 is 0 Å². The highest BCUT2D eigenvalue weighted by molar-refractivity contribution is 5.76. The van der Waals surface area contributed by atoms with Gasteiger partial charge < -0.3 is 10.1 Å². The van der Waals surface area contributed by atoms with Crippen LogP contribution in [0.15, 0.2) is 48.5 Å². The number of hydrogen-bond acceptors (Lipinski definition) is 3. The molecule has 0 amide bonds. The van der Waals surface area contributed by atoms with Crippen LogP contribution in [0.25, 0.3) is 11.0 Å². The normalized spacial score (nSPS) is 17.5. The summed E-state index contributed by atoms with van der Waals surface area (Å²) in [5, 5.41) is 3.35. The second-order valence-corrected chi connectivity index (χ2v) is 6.27. The van der Waals surface area contributed by atoms with Gasteiger partial charge >= 0.3 is 0 Å². The molecule has 1 atom stereocenters. The Morgan fingerprint density at radius 2 is 2.00 bits per heavy atom. The molecule has 1 aliphatic rings. The molecule has 3 aromatic rings. The zero-order valence-corrected chi connectivity index (χ0v) is 13.4. The first-order valence-corrected chi connectivity index (χ1v) is 8.33. The van der Waals surface area contributed by atoms with E-state index in [1.807, 2.05) is 24.3 Å². The van der Waals surface area contributed by atoms with Crippen LogP contribution in [0.1, 0.15) is 12.0 Å². The molecule has 0 aliphatic carbocycles. The van der Waals surface area contributed by atoms with Gasteiger partial charge in [0.2, 0.25) is 0 Å². The van der Waals surface area contributed by atoms with Crippen molar-refractivity contribution in [3.63, 3.8) is 0 Å². The Balaban J connectivity index is 1.62. The summed E-state index contributed by atoms with van der Waals surface area (Å²) in [6.07, 6.45) is 1.14. The Morgan fingerprint density at radius 1 is 1.17 bits per heavy atom. The van der Waals surface area contributed by atoms with Crippen LogP contribution in [0.5, 0.6) is 6.01 Å². The highest BCUT2D eigenvalue weighted by atomic mass is 19.1. The average molecular weight is 325 g/mol. The number of ether oxygens (including phenoxy) is 1. The third kappa shape index (κ3) is 3.12. The lowest BCUT2D eigenvalue weighted by molar-refractivity contribution is 0.234. The third-order valence-corrected chi connectivity index (χ3v) is 4.48. The predicted octanol–water partition coefficient (Wildman–Crippen LogP) is 3.21. The number of nitrogens with one attached hydrogen (secondary N) is 1. The molecule has 1 saturated heterocycles. The second-order valence-electron chi connectivity index (χ2n) is 6.27. The van der Waals surface area contributed by atoms with Crippen molar-refractivity contribution in [1.29, 1.82) is 0 Å². The van der Waals surface area contributed by atoms with E-state index in [-0.39, 0.29) is 5.82 Å². The minimum absolute atomic E-state index is 0.223. The van der Waals surface area contributed by atoms with Crippen LogP contribution in [0.2, 0.25) is 0 Å². The Kier molecular flexibility index (Phi) is 4.17. The maximum atomic E-state index is 13.1. The molecule has 0 spiro atoms. The molecule has 4 rings (SSSR count). The lowest BCUT2D eigenvalue weighted by Gasteiger charge is -2.13.